The van der Waals surface area contributed by atoms with Crippen molar-refractivity contribution in [3.05, 3.63) is 23.8 Å². The standard InChI is InChI=1S/C17H23F3N2O/c1-3-6-16(23)21-14-11-13(17(18,19)20)8-9-15(14)22-10-5-4-7-12(22)2/h8-9,11-12H,3-7,10H2,1-2H3,(H,21,23). The second-order valence-corrected chi connectivity index (χ2v) is 6.07. The molecule has 1 saturated heterocycles. The molecule has 128 valence electrons. The topological polar surface area (TPSA) is 32.3 Å². The molecule has 1 unspecified atom stereocenters. The van der Waals surface area contributed by atoms with E-state index in [4.69, 9.17) is 0 Å². The van der Waals surface area contributed by atoms with Crippen molar-refractivity contribution < 1.29 is 18.0 Å². The first kappa shape index (κ1) is 17.6. The van der Waals surface area contributed by atoms with E-state index in [0.717, 1.165) is 37.9 Å². The molecule has 0 bridgehead atoms. The van der Waals surface area contributed by atoms with Crippen molar-refractivity contribution in [2.45, 2.75) is 58.2 Å². The number of nitrogens with one attached hydrogen (secondary N) is 1. The Kier molecular flexibility index (Phi) is 5.55. The number of anilines is 2. The minimum atomic E-state index is -4.42. The molecule has 3 nitrogen and oxygen atoms in total. The number of benzene rings is 1. The Hall–Kier alpha value is -1.72. The molecule has 0 aromatic heterocycles. The molecule has 1 aliphatic heterocycles. The summed E-state index contributed by atoms with van der Waals surface area (Å²) in [6.07, 6.45) is -0.339. The van der Waals surface area contributed by atoms with Crippen molar-refractivity contribution in [2.24, 2.45) is 0 Å². The lowest BCUT2D eigenvalue weighted by Crippen LogP contribution is -2.38. The molecule has 1 aromatic rings. The van der Waals surface area contributed by atoms with Crippen molar-refractivity contribution in [3.63, 3.8) is 0 Å². The summed E-state index contributed by atoms with van der Waals surface area (Å²) in [6, 6.07) is 3.87. The van der Waals surface area contributed by atoms with Crippen LogP contribution < -0.4 is 10.2 Å². The first-order valence-corrected chi connectivity index (χ1v) is 8.10. The van der Waals surface area contributed by atoms with Crippen molar-refractivity contribution in [3.8, 4) is 0 Å². The van der Waals surface area contributed by atoms with E-state index in [1.165, 1.54) is 6.07 Å². The Morgan fingerprint density at radius 2 is 2.09 bits per heavy atom. The van der Waals surface area contributed by atoms with Gasteiger partial charge in [0.2, 0.25) is 5.91 Å². The molecule has 1 fully saturated rings. The molecule has 6 heteroatoms. The minimum Gasteiger partial charge on any atom is -0.367 e. The first-order valence-electron chi connectivity index (χ1n) is 8.10. The SMILES string of the molecule is CCCC(=O)Nc1cc(C(F)(F)F)ccc1N1CCCCC1C. The van der Waals surface area contributed by atoms with Crippen LogP contribution in [0, 0.1) is 0 Å². The van der Waals surface area contributed by atoms with E-state index in [9.17, 15) is 18.0 Å². The smallest absolute Gasteiger partial charge is 0.367 e. The Bertz CT molecular complexity index is 557. The molecule has 1 amide bonds. The number of hydrogen-bond donors (Lipinski definition) is 1. The molecular weight excluding hydrogens is 305 g/mol. The maximum Gasteiger partial charge on any atom is 0.416 e. The summed E-state index contributed by atoms with van der Waals surface area (Å²) in [5, 5.41) is 2.66. The van der Waals surface area contributed by atoms with Gasteiger partial charge >= 0.3 is 6.18 Å². The van der Waals surface area contributed by atoms with Crippen molar-refractivity contribution in [2.75, 3.05) is 16.8 Å². The van der Waals surface area contributed by atoms with Crippen LogP contribution in [0.25, 0.3) is 0 Å². The van der Waals surface area contributed by atoms with Crippen LogP contribution in [0.3, 0.4) is 0 Å². The summed E-state index contributed by atoms with van der Waals surface area (Å²) >= 11 is 0. The van der Waals surface area contributed by atoms with Crippen LogP contribution in [0.1, 0.15) is 51.5 Å². The largest absolute Gasteiger partial charge is 0.416 e. The van der Waals surface area contributed by atoms with Gasteiger partial charge in [0.1, 0.15) is 0 Å². The number of nitrogens with zero attached hydrogens (tertiary/aromatic N) is 1. The summed E-state index contributed by atoms with van der Waals surface area (Å²) < 4.78 is 38.9. The fourth-order valence-electron chi connectivity index (χ4n) is 2.96. The van der Waals surface area contributed by atoms with E-state index in [1.54, 1.807) is 0 Å². The van der Waals surface area contributed by atoms with Crippen LogP contribution in [0.4, 0.5) is 24.5 Å². The molecule has 0 radical (unpaired) electrons. The number of piperidine rings is 1. The van der Waals surface area contributed by atoms with E-state index in [1.807, 2.05) is 6.92 Å². The number of rotatable bonds is 4. The van der Waals surface area contributed by atoms with Crippen molar-refractivity contribution in [1.29, 1.82) is 0 Å². The highest BCUT2D eigenvalue weighted by Crippen LogP contribution is 2.37. The van der Waals surface area contributed by atoms with Crippen LogP contribution in [0.15, 0.2) is 18.2 Å². The summed E-state index contributed by atoms with van der Waals surface area (Å²) in [4.78, 5) is 14.0. The van der Waals surface area contributed by atoms with Gasteiger partial charge in [-0.2, -0.15) is 13.2 Å². The van der Waals surface area contributed by atoms with Gasteiger partial charge in [0.05, 0.1) is 16.9 Å². The third-order valence-corrected chi connectivity index (χ3v) is 4.19. The van der Waals surface area contributed by atoms with Gasteiger partial charge in [-0.1, -0.05) is 6.92 Å². The molecule has 2 rings (SSSR count). The number of halogens is 3. The Morgan fingerprint density at radius 3 is 2.70 bits per heavy atom. The zero-order valence-electron chi connectivity index (χ0n) is 13.5. The zero-order chi connectivity index (χ0) is 17.0. The van der Waals surface area contributed by atoms with Gasteiger partial charge in [0.25, 0.3) is 0 Å². The summed E-state index contributed by atoms with van der Waals surface area (Å²) in [6.45, 7) is 4.72. The number of hydrogen-bond acceptors (Lipinski definition) is 2. The van der Waals surface area contributed by atoms with Crippen molar-refractivity contribution >= 4 is 17.3 Å². The molecule has 0 saturated carbocycles. The number of carbonyl (C=O) groups excluding carboxylic acids is 1. The van der Waals surface area contributed by atoms with Gasteiger partial charge in [0.15, 0.2) is 0 Å². The fraction of sp³-hybridized carbons (Fsp3) is 0.588. The third kappa shape index (κ3) is 4.39. The fourth-order valence-corrected chi connectivity index (χ4v) is 2.96. The lowest BCUT2D eigenvalue weighted by molar-refractivity contribution is -0.137. The van der Waals surface area contributed by atoms with Gasteiger partial charge in [-0.3, -0.25) is 4.79 Å². The first-order chi connectivity index (χ1) is 10.8. The highest BCUT2D eigenvalue weighted by molar-refractivity contribution is 5.94. The van der Waals surface area contributed by atoms with Crippen LogP contribution in [-0.4, -0.2) is 18.5 Å². The summed E-state index contributed by atoms with van der Waals surface area (Å²) in [5.41, 5.74) is 0.194. The van der Waals surface area contributed by atoms with Gasteiger partial charge in [0, 0.05) is 19.0 Å². The second-order valence-electron chi connectivity index (χ2n) is 6.07. The maximum atomic E-state index is 13.0. The lowest BCUT2D eigenvalue weighted by atomic mass is 10.0. The Balaban J connectivity index is 2.37. The average Bonchev–Trinajstić information content (AvgIpc) is 2.47. The molecule has 23 heavy (non-hydrogen) atoms. The van der Waals surface area contributed by atoms with Crippen LogP contribution >= 0.6 is 0 Å². The van der Waals surface area contributed by atoms with Crippen LogP contribution in [-0.2, 0) is 11.0 Å². The van der Waals surface area contributed by atoms with E-state index < -0.39 is 11.7 Å². The average molecular weight is 328 g/mol. The van der Waals surface area contributed by atoms with E-state index in [-0.39, 0.29) is 17.6 Å². The second kappa shape index (κ2) is 7.23. The van der Waals surface area contributed by atoms with Gasteiger partial charge < -0.3 is 10.2 Å². The number of alkyl halides is 3. The third-order valence-electron chi connectivity index (χ3n) is 4.19. The maximum absolute atomic E-state index is 13.0. The van der Waals surface area contributed by atoms with Crippen LogP contribution in [0.5, 0.6) is 0 Å². The van der Waals surface area contributed by atoms with Gasteiger partial charge in [-0.25, -0.2) is 0 Å². The zero-order valence-corrected chi connectivity index (χ0v) is 13.5. The summed E-state index contributed by atoms with van der Waals surface area (Å²) in [7, 11) is 0. The quantitative estimate of drug-likeness (QED) is 0.859. The summed E-state index contributed by atoms with van der Waals surface area (Å²) in [5.74, 6) is -0.252. The normalized spacial score (nSPS) is 18.8. The molecule has 1 heterocycles. The monoisotopic (exact) mass is 328 g/mol. The van der Waals surface area contributed by atoms with E-state index in [0.29, 0.717) is 18.5 Å². The van der Waals surface area contributed by atoms with Crippen molar-refractivity contribution in [1.82, 2.24) is 0 Å². The minimum absolute atomic E-state index is 0.252. The van der Waals surface area contributed by atoms with Crippen LogP contribution in [0.2, 0.25) is 0 Å². The highest BCUT2D eigenvalue weighted by Gasteiger charge is 2.32. The molecule has 0 aliphatic carbocycles. The number of carbonyl (C=O) groups is 1. The lowest BCUT2D eigenvalue weighted by Gasteiger charge is -2.36. The molecular formula is C17H23F3N2O. The molecule has 1 aromatic carbocycles. The molecule has 1 N–H and O–H groups in total. The Morgan fingerprint density at radius 1 is 1.35 bits per heavy atom. The molecule has 1 atom stereocenters. The van der Waals surface area contributed by atoms with E-state index in [2.05, 4.69) is 17.1 Å². The molecule has 0 spiro atoms. The van der Waals surface area contributed by atoms with Gasteiger partial charge in [-0.05, 0) is 50.8 Å². The van der Waals surface area contributed by atoms with E-state index >= 15 is 0 Å². The predicted octanol–water partition coefficient (Wildman–Crippen LogP) is 4.82. The van der Waals surface area contributed by atoms with Gasteiger partial charge in [-0.15, -0.1) is 0 Å². The highest BCUT2D eigenvalue weighted by atomic mass is 19.4. The molecule has 1 aliphatic rings. The predicted molar refractivity (Wildman–Crippen MR) is 85.6 cm³/mol. The Labute approximate surface area is 134 Å². The number of amides is 1.